The molecule has 0 N–H and O–H groups in total. The summed E-state index contributed by atoms with van der Waals surface area (Å²) in [5.74, 6) is -4.02. The van der Waals surface area contributed by atoms with Gasteiger partial charge in [-0.05, 0) is 108 Å². The number of hydrogen-bond acceptors (Lipinski definition) is 15. The van der Waals surface area contributed by atoms with E-state index in [1.165, 1.54) is 26.8 Å². The molecule has 1 aromatic carbocycles. The minimum absolute atomic E-state index is 0.0462. The van der Waals surface area contributed by atoms with Crippen molar-refractivity contribution in [2.24, 2.45) is 17.8 Å². The van der Waals surface area contributed by atoms with Crippen LogP contribution in [-0.2, 0) is 68.0 Å². The Balaban J connectivity index is 1.92. The zero-order valence-electron chi connectivity index (χ0n) is 44.1. The zero-order chi connectivity index (χ0) is 51.9. The number of rotatable bonds is 17. The lowest BCUT2D eigenvalue weighted by Gasteiger charge is -2.49. The standard InChI is InChI=1S/C54H80N2O13Si/c1-15-45-43(33-62-38(9)57)28-34(5)25-26-47(60)54(12,63-27-21-22-41-29-42-23-19-20-24-44(42)55-32-41)31-35(6)50(36(7)46(30-48(61)67-45)69-70(16-2,17-3)18-4)68-53-52(66-40(11)59)49(56(13)14)51(37(8)64-53)65-39(10)58/h19-21,23-29,32,35-37,43,45-46,49-53H,15-18,22,30-31,33H2,1-14H3/b26-25+,27-21+,34-28+/t35-,36-,37?,43?,45+,46+,49?,50-,51?,52?,53?,54-/m0/s1. The van der Waals surface area contributed by atoms with Gasteiger partial charge in [-0.25, -0.2) is 0 Å². The van der Waals surface area contributed by atoms with Gasteiger partial charge in [0, 0.05) is 44.2 Å². The molecule has 0 aliphatic carbocycles. The molecule has 0 saturated carbocycles. The second-order valence-corrected chi connectivity index (χ2v) is 24.3. The van der Waals surface area contributed by atoms with Crippen LogP contribution in [0.4, 0.5) is 0 Å². The summed E-state index contributed by atoms with van der Waals surface area (Å²) in [5, 5.41) is 1.01. The number of pyridine rings is 1. The molecule has 0 spiro atoms. The summed E-state index contributed by atoms with van der Waals surface area (Å²) >= 11 is 0. The highest BCUT2D eigenvalue weighted by molar-refractivity contribution is 6.73. The highest BCUT2D eigenvalue weighted by atomic mass is 28.4. The largest absolute Gasteiger partial charge is 0.487 e. The van der Waals surface area contributed by atoms with E-state index in [-0.39, 0.29) is 25.2 Å². The molecule has 70 heavy (non-hydrogen) atoms. The van der Waals surface area contributed by atoms with Crippen molar-refractivity contribution in [3.05, 3.63) is 78.2 Å². The van der Waals surface area contributed by atoms with Gasteiger partial charge in [-0.1, -0.05) is 77.5 Å². The molecule has 1 saturated heterocycles. The molecule has 2 aliphatic heterocycles. The van der Waals surface area contributed by atoms with E-state index in [1.54, 1.807) is 40.3 Å². The van der Waals surface area contributed by atoms with Crippen molar-refractivity contribution in [3.8, 4) is 0 Å². The van der Waals surface area contributed by atoms with Crippen molar-refractivity contribution in [1.82, 2.24) is 9.88 Å². The molecule has 1 aromatic heterocycles. The Labute approximate surface area is 417 Å². The van der Waals surface area contributed by atoms with Crippen molar-refractivity contribution in [2.75, 3.05) is 20.7 Å². The number of cyclic esters (lactones) is 1. The van der Waals surface area contributed by atoms with Crippen LogP contribution in [0.15, 0.2) is 72.7 Å². The lowest BCUT2D eigenvalue weighted by molar-refractivity contribution is -0.307. The van der Waals surface area contributed by atoms with Crippen LogP contribution < -0.4 is 0 Å². The number of ketones is 1. The van der Waals surface area contributed by atoms with Crippen LogP contribution in [0, 0.1) is 17.8 Å². The molecule has 0 radical (unpaired) electrons. The molecule has 6 unspecified atom stereocenters. The number of benzene rings is 1. The fourth-order valence-corrected chi connectivity index (χ4v) is 12.8. The quantitative estimate of drug-likeness (QED) is 0.0635. The maximum Gasteiger partial charge on any atom is 0.308 e. The molecule has 12 atom stereocenters. The van der Waals surface area contributed by atoms with Gasteiger partial charge in [0.25, 0.3) is 0 Å². The number of likely N-dealkylation sites (N-methyl/N-ethyl adjacent to an activating group) is 1. The lowest BCUT2D eigenvalue weighted by Crippen LogP contribution is -2.65. The van der Waals surface area contributed by atoms with Gasteiger partial charge in [0.15, 0.2) is 32.1 Å². The average molecular weight is 993 g/mol. The SMILES string of the molecule is CC[C@H]1OC(=O)C[C@@H](O[Si](CC)(CC)CC)[C@H](C)[C@@H](OC2OC(C)C(OC(C)=O)C(N(C)C)C2OC(C)=O)[C@@H](C)C[C@](C)(O/C=C/Cc2cnc3ccccc3c2)C(=O)/C=C/C(C)=C/C1COC(C)=O. The minimum Gasteiger partial charge on any atom is -0.487 e. The Hall–Kier alpha value is -4.74. The summed E-state index contributed by atoms with van der Waals surface area (Å²) in [6.07, 6.45) is 5.06. The fraction of sp³-hybridized carbons (Fsp3) is 0.630. The Morgan fingerprint density at radius 2 is 1.57 bits per heavy atom. The van der Waals surface area contributed by atoms with Gasteiger partial charge < -0.3 is 37.6 Å². The first-order valence-electron chi connectivity index (χ1n) is 25.0. The number of nitrogens with zero attached hydrogens (tertiary/aromatic N) is 2. The van der Waals surface area contributed by atoms with Crippen LogP contribution in [0.1, 0.15) is 108 Å². The molecular weight excluding hydrogens is 913 g/mol. The van der Waals surface area contributed by atoms with E-state index in [4.69, 9.17) is 37.6 Å². The van der Waals surface area contributed by atoms with E-state index in [2.05, 4.69) is 31.8 Å². The number of esters is 4. The fourth-order valence-electron chi connectivity index (χ4n) is 9.82. The molecule has 0 bridgehead atoms. The number of allylic oxidation sites excluding steroid dienone is 3. The number of para-hydroxylation sites is 1. The molecule has 16 heteroatoms. The summed E-state index contributed by atoms with van der Waals surface area (Å²) < 4.78 is 51.2. The Bertz CT molecular complexity index is 2160. The smallest absolute Gasteiger partial charge is 0.308 e. The first kappa shape index (κ1) is 57.8. The summed E-state index contributed by atoms with van der Waals surface area (Å²) in [4.78, 5) is 73.1. The van der Waals surface area contributed by atoms with Crippen molar-refractivity contribution >= 4 is 48.9 Å². The van der Waals surface area contributed by atoms with Gasteiger partial charge in [-0.15, -0.1) is 0 Å². The lowest BCUT2D eigenvalue weighted by atomic mass is 9.80. The van der Waals surface area contributed by atoms with Crippen molar-refractivity contribution in [1.29, 1.82) is 0 Å². The van der Waals surface area contributed by atoms with Gasteiger partial charge in [0.05, 0.1) is 42.6 Å². The summed E-state index contributed by atoms with van der Waals surface area (Å²) in [6, 6.07) is 11.6. The molecule has 15 nitrogen and oxygen atoms in total. The Morgan fingerprint density at radius 1 is 0.914 bits per heavy atom. The maximum atomic E-state index is 14.8. The van der Waals surface area contributed by atoms with E-state index >= 15 is 0 Å². The van der Waals surface area contributed by atoms with E-state index in [0.29, 0.717) is 18.4 Å². The van der Waals surface area contributed by atoms with Crippen molar-refractivity contribution < 1.29 is 61.6 Å². The van der Waals surface area contributed by atoms with E-state index in [0.717, 1.165) is 34.6 Å². The number of aromatic nitrogens is 1. The molecular formula is C54H80N2O13Si. The highest BCUT2D eigenvalue weighted by Crippen LogP contribution is 2.39. The molecule has 3 heterocycles. The van der Waals surface area contributed by atoms with Crippen LogP contribution in [0.2, 0.25) is 18.1 Å². The number of ether oxygens (including phenoxy) is 7. The monoisotopic (exact) mass is 993 g/mol. The minimum atomic E-state index is -2.47. The van der Waals surface area contributed by atoms with Gasteiger partial charge in [0.1, 0.15) is 18.8 Å². The number of carbonyl (C=O) groups is 5. The second-order valence-electron chi connectivity index (χ2n) is 19.5. The van der Waals surface area contributed by atoms with Crippen LogP contribution in [-0.4, -0.2) is 123 Å². The molecule has 0 amide bonds. The molecule has 1 fully saturated rings. The first-order valence-corrected chi connectivity index (χ1v) is 27.5. The third-order valence-electron chi connectivity index (χ3n) is 13.9. The van der Waals surface area contributed by atoms with Gasteiger partial charge in [-0.2, -0.15) is 0 Å². The summed E-state index contributed by atoms with van der Waals surface area (Å²) in [7, 11) is 1.13. The maximum absolute atomic E-state index is 14.8. The number of fused-ring (bicyclic) bond motifs is 1. The first-order chi connectivity index (χ1) is 33.1. The zero-order valence-corrected chi connectivity index (χ0v) is 45.1. The number of hydrogen-bond donors (Lipinski definition) is 0. The van der Waals surface area contributed by atoms with Crippen LogP contribution in [0.3, 0.4) is 0 Å². The topological polar surface area (TPSA) is 175 Å². The average Bonchev–Trinajstić information content (AvgIpc) is 3.31. The van der Waals surface area contributed by atoms with Gasteiger partial charge in [0.2, 0.25) is 0 Å². The predicted octanol–water partition coefficient (Wildman–Crippen LogP) is 9.02. The highest BCUT2D eigenvalue weighted by Gasteiger charge is 2.52. The molecule has 4 rings (SSSR count). The van der Waals surface area contributed by atoms with Gasteiger partial charge >= 0.3 is 23.9 Å². The van der Waals surface area contributed by atoms with Crippen molar-refractivity contribution in [2.45, 2.75) is 181 Å². The third kappa shape index (κ3) is 15.9. The Kier molecular flexibility index (Phi) is 22.0. The summed E-state index contributed by atoms with van der Waals surface area (Å²) in [5.41, 5.74) is 1.07. The third-order valence-corrected chi connectivity index (χ3v) is 18.6. The van der Waals surface area contributed by atoms with Crippen LogP contribution in [0.5, 0.6) is 0 Å². The summed E-state index contributed by atoms with van der Waals surface area (Å²) in [6.45, 7) is 21.4. The van der Waals surface area contributed by atoms with E-state index in [1.807, 2.05) is 75.2 Å². The normalized spacial score (nSPS) is 30.8. The van der Waals surface area contributed by atoms with E-state index < -0.39 is 105 Å². The molecule has 2 aliphatic rings. The molecule has 2 aromatic rings. The Morgan fingerprint density at radius 3 is 2.19 bits per heavy atom. The number of carbonyl (C=O) groups excluding carboxylic acids is 5. The van der Waals surface area contributed by atoms with Crippen LogP contribution in [0.25, 0.3) is 10.9 Å². The predicted molar refractivity (Wildman–Crippen MR) is 270 cm³/mol. The van der Waals surface area contributed by atoms with Crippen LogP contribution >= 0.6 is 0 Å². The van der Waals surface area contributed by atoms with E-state index in [9.17, 15) is 24.0 Å². The molecule has 388 valence electrons. The van der Waals surface area contributed by atoms with Gasteiger partial charge in [-0.3, -0.25) is 33.9 Å². The second kappa shape index (κ2) is 26.6. The van der Waals surface area contributed by atoms with Crippen molar-refractivity contribution in [3.63, 3.8) is 0 Å².